The first-order valence-electron chi connectivity index (χ1n) is 11.7. The molecule has 3 aromatic carbocycles. The minimum Gasteiger partial charge on any atom is -0.496 e. The minimum atomic E-state index is -0.331. The fourth-order valence-corrected chi connectivity index (χ4v) is 4.97. The van der Waals surface area contributed by atoms with E-state index in [0.717, 1.165) is 28.3 Å². The minimum absolute atomic E-state index is 0.0622. The van der Waals surface area contributed by atoms with E-state index in [2.05, 4.69) is 41.4 Å². The summed E-state index contributed by atoms with van der Waals surface area (Å²) in [7, 11) is 1.65. The fourth-order valence-electron chi connectivity index (χ4n) is 3.97. The summed E-state index contributed by atoms with van der Waals surface area (Å²) in [5.41, 5.74) is 3.08. The van der Waals surface area contributed by atoms with Gasteiger partial charge in [-0.2, -0.15) is 0 Å². The Bertz CT molecular complexity index is 1200. The number of carbonyl (C=O) groups excluding carboxylic acids is 1. The predicted octanol–water partition coefficient (Wildman–Crippen LogP) is 5.68. The zero-order valence-corrected chi connectivity index (χ0v) is 21.1. The normalized spacial score (nSPS) is 11.7. The lowest BCUT2D eigenvalue weighted by Gasteiger charge is -2.26. The van der Waals surface area contributed by atoms with Gasteiger partial charge in [0, 0.05) is 19.6 Å². The number of carbonyl (C=O) groups is 1. The van der Waals surface area contributed by atoms with E-state index < -0.39 is 0 Å². The van der Waals surface area contributed by atoms with Gasteiger partial charge in [-0.3, -0.25) is 4.79 Å². The van der Waals surface area contributed by atoms with Crippen LogP contribution in [0.5, 0.6) is 5.75 Å². The van der Waals surface area contributed by atoms with Crippen LogP contribution in [-0.2, 0) is 24.4 Å². The van der Waals surface area contributed by atoms with Gasteiger partial charge in [-0.15, -0.1) is 10.2 Å². The molecule has 35 heavy (non-hydrogen) atoms. The molecular formula is C28H30N4O2S. The first kappa shape index (κ1) is 24.5. The zero-order chi connectivity index (χ0) is 24.6. The Kier molecular flexibility index (Phi) is 8.21. The van der Waals surface area contributed by atoms with Crippen LogP contribution in [0.15, 0.2) is 90.1 Å². The van der Waals surface area contributed by atoms with Gasteiger partial charge in [0.1, 0.15) is 5.75 Å². The molecule has 0 aliphatic heterocycles. The second-order valence-electron chi connectivity index (χ2n) is 8.18. The monoisotopic (exact) mass is 486 g/mol. The van der Waals surface area contributed by atoms with Crippen LogP contribution in [0.25, 0.3) is 11.4 Å². The maximum atomic E-state index is 13.7. The summed E-state index contributed by atoms with van der Waals surface area (Å²) in [6, 6.07) is 28.0. The van der Waals surface area contributed by atoms with Crippen molar-refractivity contribution in [1.29, 1.82) is 0 Å². The average Bonchev–Trinajstić information content (AvgIpc) is 3.31. The number of benzene rings is 3. The second kappa shape index (κ2) is 11.7. The Morgan fingerprint density at radius 2 is 1.49 bits per heavy atom. The zero-order valence-electron chi connectivity index (χ0n) is 20.3. The average molecular weight is 487 g/mol. The molecule has 0 saturated heterocycles. The maximum absolute atomic E-state index is 13.7. The standard InChI is InChI=1S/C28H30N4O2S/c1-4-32-26(24-17-11-12-18-25(24)34-3)29-30-28(32)35-21(2)27(33)31(19-22-13-7-5-8-14-22)20-23-15-9-6-10-16-23/h5-18,21H,4,19-20H2,1-3H3/t21-/m0/s1. The smallest absolute Gasteiger partial charge is 0.236 e. The number of methoxy groups -OCH3 is 1. The van der Waals surface area contributed by atoms with E-state index in [4.69, 9.17) is 4.74 Å². The van der Waals surface area contributed by atoms with Gasteiger partial charge >= 0.3 is 0 Å². The van der Waals surface area contributed by atoms with Gasteiger partial charge in [-0.25, -0.2) is 0 Å². The third-order valence-electron chi connectivity index (χ3n) is 5.76. The molecule has 1 atom stereocenters. The summed E-state index contributed by atoms with van der Waals surface area (Å²) in [6.45, 7) is 5.77. The highest BCUT2D eigenvalue weighted by molar-refractivity contribution is 8.00. The summed E-state index contributed by atoms with van der Waals surface area (Å²) >= 11 is 1.44. The molecule has 0 radical (unpaired) electrons. The quantitative estimate of drug-likeness (QED) is 0.270. The molecule has 0 fully saturated rings. The van der Waals surface area contributed by atoms with E-state index in [1.807, 2.05) is 77.1 Å². The number of thioether (sulfide) groups is 1. The summed E-state index contributed by atoms with van der Waals surface area (Å²) in [6.07, 6.45) is 0. The number of hydrogen-bond donors (Lipinski definition) is 0. The van der Waals surface area contributed by atoms with Gasteiger partial charge < -0.3 is 14.2 Å². The van der Waals surface area contributed by atoms with Crippen LogP contribution >= 0.6 is 11.8 Å². The number of nitrogens with zero attached hydrogens (tertiary/aromatic N) is 4. The lowest BCUT2D eigenvalue weighted by atomic mass is 10.1. The van der Waals surface area contributed by atoms with E-state index in [1.54, 1.807) is 7.11 Å². The third kappa shape index (κ3) is 5.92. The number of ether oxygens (including phenoxy) is 1. The lowest BCUT2D eigenvalue weighted by molar-refractivity contribution is -0.131. The first-order valence-corrected chi connectivity index (χ1v) is 12.6. The van der Waals surface area contributed by atoms with Crippen molar-refractivity contribution in [2.24, 2.45) is 0 Å². The summed E-state index contributed by atoms with van der Waals surface area (Å²) < 4.78 is 7.56. The highest BCUT2D eigenvalue weighted by atomic mass is 32.2. The molecule has 0 aliphatic rings. The lowest BCUT2D eigenvalue weighted by Crippen LogP contribution is -2.35. The van der Waals surface area contributed by atoms with Crippen molar-refractivity contribution in [3.8, 4) is 17.1 Å². The molecule has 0 N–H and O–H groups in total. The van der Waals surface area contributed by atoms with E-state index in [0.29, 0.717) is 24.8 Å². The predicted molar refractivity (Wildman–Crippen MR) is 140 cm³/mol. The SMILES string of the molecule is CCn1c(S[C@@H](C)C(=O)N(Cc2ccccc2)Cc2ccccc2)nnc1-c1ccccc1OC. The van der Waals surface area contributed by atoms with Crippen LogP contribution < -0.4 is 4.74 Å². The highest BCUT2D eigenvalue weighted by Gasteiger charge is 2.25. The van der Waals surface area contributed by atoms with Crippen molar-refractivity contribution in [2.75, 3.05) is 7.11 Å². The molecule has 0 saturated carbocycles. The van der Waals surface area contributed by atoms with Gasteiger partial charge in [0.2, 0.25) is 5.91 Å². The van der Waals surface area contributed by atoms with E-state index in [9.17, 15) is 4.79 Å². The van der Waals surface area contributed by atoms with Gasteiger partial charge in [-0.05, 0) is 37.1 Å². The molecular weight excluding hydrogens is 456 g/mol. The van der Waals surface area contributed by atoms with Crippen LogP contribution in [0.1, 0.15) is 25.0 Å². The Hall–Kier alpha value is -3.58. The van der Waals surface area contributed by atoms with E-state index >= 15 is 0 Å². The van der Waals surface area contributed by atoms with Crippen molar-refractivity contribution >= 4 is 17.7 Å². The fraction of sp³-hybridized carbons (Fsp3) is 0.250. The molecule has 4 rings (SSSR count). The molecule has 7 heteroatoms. The number of hydrogen-bond acceptors (Lipinski definition) is 5. The van der Waals surface area contributed by atoms with Crippen LogP contribution in [0, 0.1) is 0 Å². The molecule has 0 unspecified atom stereocenters. The third-order valence-corrected chi connectivity index (χ3v) is 6.82. The molecule has 0 aliphatic carbocycles. The van der Waals surface area contributed by atoms with Gasteiger partial charge in [0.05, 0.1) is 17.9 Å². The second-order valence-corrected chi connectivity index (χ2v) is 9.48. The van der Waals surface area contributed by atoms with Crippen molar-refractivity contribution in [2.45, 2.75) is 43.9 Å². The molecule has 180 valence electrons. The first-order chi connectivity index (χ1) is 17.1. The van der Waals surface area contributed by atoms with Crippen molar-refractivity contribution < 1.29 is 9.53 Å². The Morgan fingerprint density at radius 3 is 2.06 bits per heavy atom. The van der Waals surface area contributed by atoms with Crippen molar-refractivity contribution in [1.82, 2.24) is 19.7 Å². The van der Waals surface area contributed by atoms with Crippen molar-refractivity contribution in [3.05, 3.63) is 96.1 Å². The number of para-hydroxylation sites is 1. The number of rotatable bonds is 10. The Morgan fingerprint density at radius 1 is 0.914 bits per heavy atom. The highest BCUT2D eigenvalue weighted by Crippen LogP contribution is 2.32. The van der Waals surface area contributed by atoms with Gasteiger partial charge in [-0.1, -0.05) is 84.6 Å². The van der Waals surface area contributed by atoms with Crippen LogP contribution in [0.3, 0.4) is 0 Å². The molecule has 1 heterocycles. The van der Waals surface area contributed by atoms with E-state index in [1.165, 1.54) is 11.8 Å². The van der Waals surface area contributed by atoms with Crippen LogP contribution in [0.2, 0.25) is 0 Å². The maximum Gasteiger partial charge on any atom is 0.236 e. The topological polar surface area (TPSA) is 60.2 Å². The van der Waals surface area contributed by atoms with Crippen molar-refractivity contribution in [3.63, 3.8) is 0 Å². The molecule has 0 bridgehead atoms. The summed E-state index contributed by atoms with van der Waals surface area (Å²) in [4.78, 5) is 15.6. The number of amides is 1. The van der Waals surface area contributed by atoms with Crippen LogP contribution in [0.4, 0.5) is 0 Å². The molecule has 1 amide bonds. The largest absolute Gasteiger partial charge is 0.496 e. The summed E-state index contributed by atoms with van der Waals surface area (Å²) in [5, 5.41) is 9.27. The molecule has 0 spiro atoms. The van der Waals surface area contributed by atoms with Gasteiger partial charge in [0.25, 0.3) is 0 Å². The van der Waals surface area contributed by atoms with E-state index in [-0.39, 0.29) is 11.2 Å². The Labute approximate surface area is 211 Å². The molecule has 1 aromatic heterocycles. The van der Waals surface area contributed by atoms with Gasteiger partial charge in [0.15, 0.2) is 11.0 Å². The van der Waals surface area contributed by atoms with Crippen LogP contribution in [-0.4, -0.2) is 37.9 Å². The summed E-state index contributed by atoms with van der Waals surface area (Å²) in [5.74, 6) is 1.54. The Balaban J connectivity index is 1.56. The molecule has 4 aromatic rings. The number of aromatic nitrogens is 3. The molecule has 6 nitrogen and oxygen atoms in total.